The summed E-state index contributed by atoms with van der Waals surface area (Å²) in [5, 5.41) is 1.72. The number of sulfonamides is 1. The fourth-order valence-electron chi connectivity index (χ4n) is 2.29. The van der Waals surface area contributed by atoms with E-state index in [4.69, 9.17) is 27.9 Å². The molecule has 0 unspecified atom stereocenters. The van der Waals surface area contributed by atoms with Crippen molar-refractivity contribution in [2.24, 2.45) is 5.92 Å². The predicted octanol–water partition coefficient (Wildman–Crippen LogP) is 4.96. The summed E-state index contributed by atoms with van der Waals surface area (Å²) in [5.74, 6) is -0.604. The molecule has 0 aliphatic heterocycles. The molecule has 0 radical (unpaired) electrons. The average molecular weight is 499 g/mol. The SMILES string of the molecule is CC(C)CNS(=O)(=O)c1ccc(OCC(=O)Nc2ccc(Cl)c(C(F)(F)F)c2)c(Cl)c1. The van der Waals surface area contributed by atoms with E-state index in [0.717, 1.165) is 6.07 Å². The van der Waals surface area contributed by atoms with Crippen molar-refractivity contribution in [2.45, 2.75) is 24.9 Å². The van der Waals surface area contributed by atoms with E-state index in [0.29, 0.717) is 6.07 Å². The van der Waals surface area contributed by atoms with Crippen molar-refractivity contribution in [3.63, 3.8) is 0 Å². The summed E-state index contributed by atoms with van der Waals surface area (Å²) < 4.78 is 70.8. The first kappa shape index (κ1) is 25.3. The summed E-state index contributed by atoms with van der Waals surface area (Å²) >= 11 is 11.6. The number of alkyl halides is 3. The van der Waals surface area contributed by atoms with E-state index in [-0.39, 0.29) is 33.8 Å². The molecule has 2 aromatic rings. The van der Waals surface area contributed by atoms with Crippen LogP contribution in [0.15, 0.2) is 41.3 Å². The Morgan fingerprint density at radius 3 is 2.35 bits per heavy atom. The van der Waals surface area contributed by atoms with Gasteiger partial charge in [-0.3, -0.25) is 4.79 Å². The lowest BCUT2D eigenvalue weighted by atomic mass is 10.2. The quantitative estimate of drug-likeness (QED) is 0.538. The summed E-state index contributed by atoms with van der Waals surface area (Å²) in [7, 11) is -3.76. The maximum absolute atomic E-state index is 12.9. The van der Waals surface area contributed by atoms with Crippen LogP contribution in [-0.2, 0) is 21.0 Å². The van der Waals surface area contributed by atoms with Crippen molar-refractivity contribution >= 4 is 44.8 Å². The summed E-state index contributed by atoms with van der Waals surface area (Å²) in [6.07, 6.45) is -4.67. The van der Waals surface area contributed by atoms with Gasteiger partial charge in [-0.2, -0.15) is 13.2 Å². The van der Waals surface area contributed by atoms with Crippen molar-refractivity contribution in [1.29, 1.82) is 0 Å². The van der Waals surface area contributed by atoms with E-state index < -0.39 is 39.3 Å². The molecule has 0 spiro atoms. The van der Waals surface area contributed by atoms with Gasteiger partial charge in [-0.1, -0.05) is 37.0 Å². The minimum Gasteiger partial charge on any atom is -0.482 e. The van der Waals surface area contributed by atoms with Gasteiger partial charge >= 0.3 is 6.18 Å². The maximum atomic E-state index is 12.9. The predicted molar refractivity (Wildman–Crippen MR) is 112 cm³/mol. The summed E-state index contributed by atoms with van der Waals surface area (Å²) in [6, 6.07) is 6.65. The highest BCUT2D eigenvalue weighted by atomic mass is 35.5. The number of rotatable bonds is 8. The summed E-state index contributed by atoms with van der Waals surface area (Å²) in [5.41, 5.74) is -1.20. The number of carbonyl (C=O) groups excluding carboxylic acids is 1. The van der Waals surface area contributed by atoms with Crippen molar-refractivity contribution < 1.29 is 31.1 Å². The van der Waals surface area contributed by atoms with Crippen LogP contribution in [0.4, 0.5) is 18.9 Å². The van der Waals surface area contributed by atoms with Gasteiger partial charge in [0.2, 0.25) is 10.0 Å². The normalized spacial score (nSPS) is 12.1. The van der Waals surface area contributed by atoms with Crippen molar-refractivity contribution in [3.8, 4) is 5.75 Å². The van der Waals surface area contributed by atoms with Crippen LogP contribution in [0, 0.1) is 5.92 Å². The minimum absolute atomic E-state index is 0.0340. The molecule has 0 aromatic heterocycles. The number of ether oxygens (including phenoxy) is 1. The summed E-state index contributed by atoms with van der Waals surface area (Å²) in [6.45, 7) is 3.39. The van der Waals surface area contributed by atoms with Gasteiger partial charge in [0.15, 0.2) is 6.61 Å². The number of hydrogen-bond acceptors (Lipinski definition) is 4. The second kappa shape index (κ2) is 10.1. The zero-order valence-electron chi connectivity index (χ0n) is 16.4. The smallest absolute Gasteiger partial charge is 0.417 e. The second-order valence-electron chi connectivity index (χ2n) is 6.87. The van der Waals surface area contributed by atoms with E-state index in [1.165, 1.54) is 24.3 Å². The number of carbonyl (C=O) groups is 1. The second-order valence-corrected chi connectivity index (χ2v) is 9.45. The molecular weight excluding hydrogens is 480 g/mol. The molecule has 0 atom stereocenters. The van der Waals surface area contributed by atoms with Gasteiger partial charge in [0.1, 0.15) is 5.75 Å². The Kier molecular flexibility index (Phi) is 8.21. The van der Waals surface area contributed by atoms with E-state index in [9.17, 15) is 26.4 Å². The fraction of sp³-hybridized carbons (Fsp3) is 0.316. The van der Waals surface area contributed by atoms with Gasteiger partial charge in [-0.15, -0.1) is 0 Å². The van der Waals surface area contributed by atoms with Gasteiger partial charge in [-0.25, -0.2) is 13.1 Å². The molecular formula is C19H19Cl2F3N2O4S. The molecule has 0 saturated carbocycles. The van der Waals surface area contributed by atoms with Gasteiger partial charge in [-0.05, 0) is 42.3 Å². The fourth-order valence-corrected chi connectivity index (χ4v) is 4.05. The third-order valence-electron chi connectivity index (χ3n) is 3.81. The largest absolute Gasteiger partial charge is 0.482 e. The number of halogens is 5. The lowest BCUT2D eigenvalue weighted by Crippen LogP contribution is -2.27. The Balaban J connectivity index is 2.03. The molecule has 0 aliphatic rings. The molecule has 0 bridgehead atoms. The third-order valence-corrected chi connectivity index (χ3v) is 5.86. The number of anilines is 1. The first-order valence-electron chi connectivity index (χ1n) is 8.88. The Morgan fingerprint density at radius 1 is 1.10 bits per heavy atom. The number of amides is 1. The molecule has 2 aromatic carbocycles. The molecule has 0 fully saturated rings. The number of nitrogens with one attached hydrogen (secondary N) is 2. The highest BCUT2D eigenvalue weighted by Gasteiger charge is 2.33. The van der Waals surface area contributed by atoms with Crippen LogP contribution >= 0.6 is 23.2 Å². The molecule has 0 aliphatic carbocycles. The van der Waals surface area contributed by atoms with Crippen LogP contribution < -0.4 is 14.8 Å². The van der Waals surface area contributed by atoms with Gasteiger partial charge in [0, 0.05) is 12.2 Å². The van der Waals surface area contributed by atoms with E-state index >= 15 is 0 Å². The van der Waals surface area contributed by atoms with Crippen molar-refractivity contribution in [3.05, 3.63) is 52.0 Å². The van der Waals surface area contributed by atoms with Crippen LogP contribution in [0.5, 0.6) is 5.75 Å². The average Bonchev–Trinajstić information content (AvgIpc) is 2.66. The highest BCUT2D eigenvalue weighted by Crippen LogP contribution is 2.36. The maximum Gasteiger partial charge on any atom is 0.417 e. The number of hydrogen-bond donors (Lipinski definition) is 2. The Morgan fingerprint density at radius 2 is 1.77 bits per heavy atom. The first-order chi connectivity index (χ1) is 14.3. The van der Waals surface area contributed by atoms with Crippen LogP contribution in [0.1, 0.15) is 19.4 Å². The topological polar surface area (TPSA) is 84.5 Å². The Labute approximate surface area is 187 Å². The highest BCUT2D eigenvalue weighted by molar-refractivity contribution is 7.89. The van der Waals surface area contributed by atoms with Gasteiger partial charge < -0.3 is 10.1 Å². The van der Waals surface area contributed by atoms with Gasteiger partial charge in [0.25, 0.3) is 5.91 Å². The first-order valence-corrected chi connectivity index (χ1v) is 11.1. The van der Waals surface area contributed by atoms with Crippen molar-refractivity contribution in [2.75, 3.05) is 18.5 Å². The van der Waals surface area contributed by atoms with Crippen molar-refractivity contribution in [1.82, 2.24) is 4.72 Å². The van der Waals surface area contributed by atoms with Gasteiger partial charge in [0.05, 0.1) is 20.5 Å². The van der Waals surface area contributed by atoms with Crippen LogP contribution in [-0.4, -0.2) is 27.5 Å². The van der Waals surface area contributed by atoms with Crippen LogP contribution in [0.25, 0.3) is 0 Å². The standard InChI is InChI=1S/C19H19Cl2F3N2O4S/c1-11(2)9-25-31(28,29)13-4-6-17(16(21)8-13)30-10-18(27)26-12-3-5-15(20)14(7-12)19(22,23)24/h3-8,11,25H,9-10H2,1-2H3,(H,26,27). The van der Waals surface area contributed by atoms with Crippen LogP contribution in [0.3, 0.4) is 0 Å². The third kappa shape index (κ3) is 7.27. The number of benzene rings is 2. The molecule has 0 saturated heterocycles. The van der Waals surface area contributed by atoms with E-state index in [1.54, 1.807) is 0 Å². The van der Waals surface area contributed by atoms with E-state index in [1.807, 2.05) is 13.8 Å². The van der Waals surface area contributed by atoms with E-state index in [2.05, 4.69) is 10.0 Å². The molecule has 2 rings (SSSR count). The summed E-state index contributed by atoms with van der Waals surface area (Å²) in [4.78, 5) is 11.9. The molecule has 170 valence electrons. The zero-order chi connectivity index (χ0) is 23.4. The molecule has 2 N–H and O–H groups in total. The van der Waals surface area contributed by atoms with Crippen LogP contribution in [0.2, 0.25) is 10.0 Å². The lowest BCUT2D eigenvalue weighted by Gasteiger charge is -2.13. The molecule has 1 amide bonds. The Hall–Kier alpha value is -2.01. The molecule has 12 heteroatoms. The zero-order valence-corrected chi connectivity index (χ0v) is 18.7. The molecule has 31 heavy (non-hydrogen) atoms. The lowest BCUT2D eigenvalue weighted by molar-refractivity contribution is -0.137. The Bertz CT molecular complexity index is 1060. The monoisotopic (exact) mass is 498 g/mol. The molecule has 6 nitrogen and oxygen atoms in total. The minimum atomic E-state index is -4.67. The molecule has 0 heterocycles.